The summed E-state index contributed by atoms with van der Waals surface area (Å²) in [6.45, 7) is 1.90. The summed E-state index contributed by atoms with van der Waals surface area (Å²) in [5, 5.41) is 0. The predicted octanol–water partition coefficient (Wildman–Crippen LogP) is 1.51. The van der Waals surface area contributed by atoms with Gasteiger partial charge in [0.2, 0.25) is 10.0 Å². The van der Waals surface area contributed by atoms with Crippen molar-refractivity contribution in [3.8, 4) is 0 Å². The molecule has 1 aromatic rings. The van der Waals surface area contributed by atoms with Crippen LogP contribution in [-0.4, -0.2) is 40.5 Å². The summed E-state index contributed by atoms with van der Waals surface area (Å²) in [5.41, 5.74) is 0. The molecule has 5 nitrogen and oxygen atoms in total. The molecule has 1 unspecified atom stereocenters. The molecular weight excluding hydrogens is 298 g/mol. The lowest BCUT2D eigenvalue weighted by atomic mass is 10.2. The minimum Gasteiger partial charge on any atom is -0.224 e. The fraction of sp³-hybridized carbons (Fsp3) is 0.538. The van der Waals surface area contributed by atoms with Crippen molar-refractivity contribution in [2.45, 2.75) is 35.6 Å². The Morgan fingerprint density at radius 3 is 1.90 bits per heavy atom. The van der Waals surface area contributed by atoms with Crippen LogP contribution in [-0.2, 0) is 19.9 Å². The molecule has 1 atom stereocenters. The number of hydrogen-bond acceptors (Lipinski definition) is 4. The molecule has 0 bridgehead atoms. The van der Waals surface area contributed by atoms with Gasteiger partial charge in [-0.1, -0.05) is 0 Å². The molecule has 0 spiro atoms. The summed E-state index contributed by atoms with van der Waals surface area (Å²) >= 11 is 0. The fourth-order valence-electron chi connectivity index (χ4n) is 2.12. The van der Waals surface area contributed by atoms with Crippen molar-refractivity contribution in [1.82, 2.24) is 4.31 Å². The summed E-state index contributed by atoms with van der Waals surface area (Å²) in [7, 11) is -5.31. The van der Waals surface area contributed by atoms with Gasteiger partial charge in [-0.3, -0.25) is 0 Å². The lowest BCUT2D eigenvalue weighted by Crippen LogP contribution is -2.36. The Morgan fingerprint density at radius 2 is 1.50 bits per heavy atom. The van der Waals surface area contributed by atoms with E-state index in [4.69, 9.17) is 0 Å². The molecule has 0 heterocycles. The van der Waals surface area contributed by atoms with Crippen LogP contribution in [0.15, 0.2) is 34.1 Å². The summed E-state index contributed by atoms with van der Waals surface area (Å²) in [5.74, 6) is 0.435. The molecule has 7 heteroatoms. The highest BCUT2D eigenvalue weighted by Crippen LogP contribution is 2.36. The van der Waals surface area contributed by atoms with E-state index >= 15 is 0 Å². The topological polar surface area (TPSA) is 71.5 Å². The first-order valence-electron chi connectivity index (χ1n) is 6.42. The number of sulfone groups is 1. The maximum atomic E-state index is 12.4. The molecule has 0 saturated heterocycles. The zero-order valence-electron chi connectivity index (χ0n) is 11.8. The lowest BCUT2D eigenvalue weighted by Gasteiger charge is -2.24. The Bertz CT molecular complexity index is 688. The van der Waals surface area contributed by atoms with Crippen LogP contribution in [0.1, 0.15) is 19.8 Å². The lowest BCUT2D eigenvalue weighted by molar-refractivity contribution is 0.357. The fourth-order valence-corrected chi connectivity index (χ4v) is 4.17. The van der Waals surface area contributed by atoms with Crippen LogP contribution in [0, 0.1) is 5.92 Å². The molecule has 1 aliphatic carbocycles. The molecule has 20 heavy (non-hydrogen) atoms. The number of benzene rings is 1. The quantitative estimate of drug-likeness (QED) is 0.825. The Labute approximate surface area is 120 Å². The van der Waals surface area contributed by atoms with E-state index in [1.54, 1.807) is 7.05 Å². The molecule has 2 rings (SSSR count). The van der Waals surface area contributed by atoms with Gasteiger partial charge >= 0.3 is 0 Å². The van der Waals surface area contributed by atoms with E-state index in [1.807, 2.05) is 6.92 Å². The van der Waals surface area contributed by atoms with Crippen molar-refractivity contribution in [3.63, 3.8) is 0 Å². The van der Waals surface area contributed by atoms with Crippen LogP contribution in [0.5, 0.6) is 0 Å². The first-order valence-corrected chi connectivity index (χ1v) is 9.75. The average molecular weight is 317 g/mol. The second-order valence-corrected chi connectivity index (χ2v) is 9.36. The van der Waals surface area contributed by atoms with E-state index in [0.717, 1.165) is 19.1 Å². The Hall–Kier alpha value is -0.920. The highest BCUT2D eigenvalue weighted by Gasteiger charge is 2.36. The molecule has 0 radical (unpaired) electrons. The molecule has 112 valence electrons. The van der Waals surface area contributed by atoms with Crippen LogP contribution in [0.3, 0.4) is 0 Å². The van der Waals surface area contributed by atoms with Crippen LogP contribution in [0.2, 0.25) is 0 Å². The van der Waals surface area contributed by atoms with E-state index in [2.05, 4.69) is 0 Å². The maximum absolute atomic E-state index is 12.4. The third kappa shape index (κ3) is 3.05. The molecule has 1 fully saturated rings. The standard InChI is InChI=1S/C13H19NO4S2/c1-10(11-4-5-11)14(2)20(17,18)13-8-6-12(7-9-13)19(3,15)16/h6-11H,4-5H2,1-3H3. The smallest absolute Gasteiger partial charge is 0.224 e. The summed E-state index contributed by atoms with van der Waals surface area (Å²) < 4.78 is 49.0. The third-order valence-electron chi connectivity index (χ3n) is 3.81. The van der Waals surface area contributed by atoms with Crippen molar-refractivity contribution < 1.29 is 16.8 Å². The minimum atomic E-state index is -3.57. The van der Waals surface area contributed by atoms with Gasteiger partial charge in [0.15, 0.2) is 9.84 Å². The van der Waals surface area contributed by atoms with Gasteiger partial charge in [-0.25, -0.2) is 16.8 Å². The van der Waals surface area contributed by atoms with Crippen molar-refractivity contribution in [1.29, 1.82) is 0 Å². The van der Waals surface area contributed by atoms with Gasteiger partial charge < -0.3 is 0 Å². The SMILES string of the molecule is CC(C1CC1)N(C)S(=O)(=O)c1ccc(S(C)(=O)=O)cc1. The zero-order chi connectivity index (χ0) is 15.1. The number of nitrogens with zero attached hydrogens (tertiary/aromatic N) is 1. The molecule has 0 aliphatic heterocycles. The van der Waals surface area contributed by atoms with Crippen molar-refractivity contribution >= 4 is 19.9 Å². The molecule has 0 N–H and O–H groups in total. The normalized spacial score (nSPS) is 18.2. The van der Waals surface area contributed by atoms with E-state index in [1.165, 1.54) is 28.6 Å². The van der Waals surface area contributed by atoms with Crippen LogP contribution in [0.4, 0.5) is 0 Å². The Morgan fingerprint density at radius 1 is 1.05 bits per heavy atom. The highest BCUT2D eigenvalue weighted by atomic mass is 32.2. The Balaban J connectivity index is 2.30. The first-order chi connectivity index (χ1) is 9.14. The second-order valence-electron chi connectivity index (χ2n) is 5.34. The van der Waals surface area contributed by atoms with Gasteiger partial charge in [-0.05, 0) is 49.9 Å². The zero-order valence-corrected chi connectivity index (χ0v) is 13.4. The number of hydrogen-bond donors (Lipinski definition) is 0. The molecule has 0 aromatic heterocycles. The second kappa shape index (κ2) is 5.13. The predicted molar refractivity (Wildman–Crippen MR) is 76.7 cm³/mol. The van der Waals surface area contributed by atoms with Crippen molar-refractivity contribution in [3.05, 3.63) is 24.3 Å². The maximum Gasteiger partial charge on any atom is 0.243 e. The van der Waals surface area contributed by atoms with Crippen molar-refractivity contribution in [2.75, 3.05) is 13.3 Å². The van der Waals surface area contributed by atoms with Gasteiger partial charge in [0.1, 0.15) is 0 Å². The Kier molecular flexibility index (Phi) is 3.96. The summed E-state index contributed by atoms with van der Waals surface area (Å²) in [4.78, 5) is 0.245. The monoisotopic (exact) mass is 317 g/mol. The van der Waals surface area contributed by atoms with Crippen LogP contribution in [0.25, 0.3) is 0 Å². The largest absolute Gasteiger partial charge is 0.243 e. The van der Waals surface area contributed by atoms with E-state index in [-0.39, 0.29) is 15.8 Å². The summed E-state index contributed by atoms with van der Waals surface area (Å²) in [6.07, 6.45) is 3.22. The molecular formula is C13H19NO4S2. The minimum absolute atomic E-state index is 0.0328. The van der Waals surface area contributed by atoms with Gasteiger partial charge in [0.25, 0.3) is 0 Å². The average Bonchev–Trinajstić information content (AvgIpc) is 3.20. The molecule has 0 amide bonds. The van der Waals surface area contributed by atoms with E-state index in [0.29, 0.717) is 5.92 Å². The molecule has 1 aromatic carbocycles. The summed E-state index contributed by atoms with van der Waals surface area (Å²) in [6, 6.07) is 5.33. The van der Waals surface area contributed by atoms with E-state index < -0.39 is 19.9 Å². The highest BCUT2D eigenvalue weighted by molar-refractivity contribution is 7.90. The molecule has 1 saturated carbocycles. The number of rotatable bonds is 5. The van der Waals surface area contributed by atoms with Gasteiger partial charge in [0.05, 0.1) is 9.79 Å². The van der Waals surface area contributed by atoms with Gasteiger partial charge in [0, 0.05) is 19.3 Å². The first kappa shape index (κ1) is 15.5. The van der Waals surface area contributed by atoms with Gasteiger partial charge in [-0.15, -0.1) is 0 Å². The number of sulfonamides is 1. The van der Waals surface area contributed by atoms with Crippen molar-refractivity contribution in [2.24, 2.45) is 5.92 Å². The third-order valence-corrected chi connectivity index (χ3v) is 6.89. The van der Waals surface area contributed by atoms with Crippen LogP contribution < -0.4 is 0 Å². The molecule has 1 aliphatic rings. The van der Waals surface area contributed by atoms with Gasteiger partial charge in [-0.2, -0.15) is 4.31 Å². The van der Waals surface area contributed by atoms with Crippen LogP contribution >= 0.6 is 0 Å². The van der Waals surface area contributed by atoms with E-state index in [9.17, 15) is 16.8 Å².